The minimum Gasteiger partial charge on any atom is -0.274 e. The van der Waals surface area contributed by atoms with Gasteiger partial charge in [-0.25, -0.2) is 4.79 Å². The molecule has 1 heterocycles. The van der Waals surface area contributed by atoms with Gasteiger partial charge >= 0.3 is 11.9 Å². The van der Waals surface area contributed by atoms with Crippen molar-refractivity contribution in [3.05, 3.63) is 50.8 Å². The molecule has 102 valence electrons. The second-order valence-electron chi connectivity index (χ2n) is 4.34. The predicted octanol–water partition coefficient (Wildman–Crippen LogP) is 1.91. The predicted molar refractivity (Wildman–Crippen MR) is 63.5 cm³/mol. The molecule has 1 aliphatic rings. The molecule has 1 aromatic heterocycles. The molecular weight excluding hydrogens is 261 g/mol. The molecule has 1 unspecified atom stereocenters. The van der Waals surface area contributed by atoms with Crippen LogP contribution >= 0.6 is 0 Å². The quantitative estimate of drug-likeness (QED) is 0.849. The van der Waals surface area contributed by atoms with E-state index in [9.17, 15) is 22.8 Å². The largest absolute Gasteiger partial charge is 0.416 e. The minimum absolute atomic E-state index is 0.187. The highest BCUT2D eigenvalue weighted by molar-refractivity contribution is 5.56. The van der Waals surface area contributed by atoms with Crippen LogP contribution in [-0.2, 0) is 0 Å². The van der Waals surface area contributed by atoms with Crippen molar-refractivity contribution in [3.63, 3.8) is 0 Å². The lowest BCUT2D eigenvalue weighted by Gasteiger charge is -2.22. The van der Waals surface area contributed by atoms with Gasteiger partial charge in [-0.15, -0.1) is 0 Å². The van der Waals surface area contributed by atoms with Gasteiger partial charge in [0.1, 0.15) is 0 Å². The standard InChI is InChI=1S/C12H11F3N2O2/c1-7-2-3-8(12(13,14)15)6-9(7)17-5-4-10(18)16-11(17)19/h3-7H,2H2,1H3,(H,16,18,19). The average Bonchev–Trinajstić information content (AvgIpc) is 2.29. The molecule has 1 atom stereocenters. The monoisotopic (exact) mass is 272 g/mol. The van der Waals surface area contributed by atoms with E-state index in [1.165, 1.54) is 6.20 Å². The maximum Gasteiger partial charge on any atom is 0.416 e. The Hall–Kier alpha value is -2.05. The molecule has 0 aromatic carbocycles. The van der Waals surface area contributed by atoms with Gasteiger partial charge in [0, 0.05) is 23.9 Å². The highest BCUT2D eigenvalue weighted by Crippen LogP contribution is 2.34. The van der Waals surface area contributed by atoms with Crippen molar-refractivity contribution in [1.82, 2.24) is 9.55 Å². The number of hydrogen-bond acceptors (Lipinski definition) is 2. The molecule has 7 heteroatoms. The first-order valence-electron chi connectivity index (χ1n) is 5.60. The molecule has 4 nitrogen and oxygen atoms in total. The second-order valence-corrected chi connectivity index (χ2v) is 4.34. The van der Waals surface area contributed by atoms with Crippen LogP contribution in [0.25, 0.3) is 5.70 Å². The van der Waals surface area contributed by atoms with Gasteiger partial charge in [0.2, 0.25) is 0 Å². The van der Waals surface area contributed by atoms with Crippen molar-refractivity contribution < 1.29 is 13.2 Å². The lowest BCUT2D eigenvalue weighted by Crippen LogP contribution is -2.30. The van der Waals surface area contributed by atoms with Crippen LogP contribution in [0.2, 0.25) is 0 Å². The topological polar surface area (TPSA) is 54.9 Å². The van der Waals surface area contributed by atoms with Gasteiger partial charge in [-0.3, -0.25) is 14.3 Å². The third-order valence-corrected chi connectivity index (χ3v) is 2.93. The SMILES string of the molecule is CC1CC=C(C(F)(F)F)C=C1n1ccc(=O)[nH]c1=O. The fraction of sp³-hybridized carbons (Fsp3) is 0.333. The van der Waals surface area contributed by atoms with Crippen molar-refractivity contribution in [2.45, 2.75) is 19.5 Å². The Bertz CT molecular complexity index is 665. The smallest absolute Gasteiger partial charge is 0.274 e. The van der Waals surface area contributed by atoms with Gasteiger partial charge in [-0.05, 0) is 12.5 Å². The minimum atomic E-state index is -4.45. The molecule has 0 bridgehead atoms. The number of alkyl halides is 3. The summed E-state index contributed by atoms with van der Waals surface area (Å²) in [4.78, 5) is 24.6. The van der Waals surface area contributed by atoms with E-state index in [0.29, 0.717) is 0 Å². The Kier molecular flexibility index (Phi) is 3.21. The van der Waals surface area contributed by atoms with Crippen molar-refractivity contribution >= 4 is 5.70 Å². The zero-order valence-electron chi connectivity index (χ0n) is 9.99. The summed E-state index contributed by atoms with van der Waals surface area (Å²) >= 11 is 0. The lowest BCUT2D eigenvalue weighted by molar-refractivity contribution is -0.0886. The number of allylic oxidation sites excluding steroid dienone is 4. The third-order valence-electron chi connectivity index (χ3n) is 2.93. The summed E-state index contributed by atoms with van der Waals surface area (Å²) in [7, 11) is 0. The fourth-order valence-electron chi connectivity index (χ4n) is 1.91. The summed E-state index contributed by atoms with van der Waals surface area (Å²) in [6, 6.07) is 1.10. The zero-order valence-corrected chi connectivity index (χ0v) is 9.99. The molecule has 0 aliphatic heterocycles. The Balaban J connectivity index is 2.53. The fourth-order valence-corrected chi connectivity index (χ4v) is 1.91. The Morgan fingerprint density at radius 2 is 2.05 bits per heavy atom. The van der Waals surface area contributed by atoms with E-state index >= 15 is 0 Å². The maximum atomic E-state index is 12.7. The van der Waals surface area contributed by atoms with Crippen LogP contribution in [0.3, 0.4) is 0 Å². The summed E-state index contributed by atoms with van der Waals surface area (Å²) in [5.74, 6) is -0.241. The summed E-state index contributed by atoms with van der Waals surface area (Å²) < 4.78 is 39.0. The van der Waals surface area contributed by atoms with Crippen molar-refractivity contribution in [2.75, 3.05) is 0 Å². The molecule has 0 amide bonds. The molecule has 1 N–H and O–H groups in total. The van der Waals surface area contributed by atoms with E-state index in [2.05, 4.69) is 0 Å². The van der Waals surface area contributed by atoms with Crippen LogP contribution in [0, 0.1) is 5.92 Å². The van der Waals surface area contributed by atoms with Gasteiger partial charge in [0.05, 0.1) is 5.57 Å². The van der Waals surface area contributed by atoms with E-state index in [1.54, 1.807) is 6.92 Å². The van der Waals surface area contributed by atoms with E-state index in [4.69, 9.17) is 0 Å². The summed E-state index contributed by atoms with van der Waals surface area (Å²) in [6.45, 7) is 1.72. The Labute approximate surface area is 105 Å². The van der Waals surface area contributed by atoms with Crippen LogP contribution in [0.5, 0.6) is 0 Å². The Morgan fingerprint density at radius 1 is 1.37 bits per heavy atom. The van der Waals surface area contributed by atoms with E-state index in [0.717, 1.165) is 22.8 Å². The molecule has 1 aromatic rings. The van der Waals surface area contributed by atoms with Gasteiger partial charge < -0.3 is 0 Å². The van der Waals surface area contributed by atoms with Crippen molar-refractivity contribution in [1.29, 1.82) is 0 Å². The maximum absolute atomic E-state index is 12.7. The number of nitrogens with one attached hydrogen (secondary N) is 1. The van der Waals surface area contributed by atoms with Crippen molar-refractivity contribution in [3.8, 4) is 0 Å². The first-order chi connectivity index (χ1) is 8.79. The first kappa shape index (κ1) is 13.4. The van der Waals surface area contributed by atoms with Crippen molar-refractivity contribution in [2.24, 2.45) is 5.92 Å². The van der Waals surface area contributed by atoms with Crippen LogP contribution in [0.4, 0.5) is 13.2 Å². The first-order valence-corrected chi connectivity index (χ1v) is 5.60. The van der Waals surface area contributed by atoms with Crippen LogP contribution < -0.4 is 11.2 Å². The number of aromatic amines is 1. The number of H-pyrrole nitrogens is 1. The van der Waals surface area contributed by atoms with E-state index in [1.807, 2.05) is 4.98 Å². The van der Waals surface area contributed by atoms with Crippen LogP contribution in [-0.4, -0.2) is 15.7 Å². The lowest BCUT2D eigenvalue weighted by atomic mass is 9.94. The normalized spacial score (nSPS) is 19.9. The molecule has 19 heavy (non-hydrogen) atoms. The molecule has 2 rings (SSSR count). The highest BCUT2D eigenvalue weighted by Gasteiger charge is 2.34. The summed E-state index contributed by atoms with van der Waals surface area (Å²) in [5, 5.41) is 0. The number of hydrogen-bond donors (Lipinski definition) is 1. The number of halogens is 3. The molecule has 0 saturated carbocycles. The second kappa shape index (κ2) is 4.56. The molecule has 1 aliphatic carbocycles. The highest BCUT2D eigenvalue weighted by atomic mass is 19.4. The number of rotatable bonds is 1. The summed E-state index contributed by atoms with van der Waals surface area (Å²) in [5.41, 5.74) is -1.89. The van der Waals surface area contributed by atoms with Crippen LogP contribution in [0.1, 0.15) is 13.3 Å². The molecule has 0 radical (unpaired) electrons. The van der Waals surface area contributed by atoms with Gasteiger partial charge in [-0.2, -0.15) is 13.2 Å². The van der Waals surface area contributed by atoms with E-state index < -0.39 is 23.0 Å². The molecular formula is C12H11F3N2O2. The molecule has 0 spiro atoms. The molecule has 0 saturated heterocycles. The van der Waals surface area contributed by atoms with E-state index in [-0.39, 0.29) is 18.0 Å². The molecule has 0 fully saturated rings. The number of nitrogens with zero attached hydrogens (tertiary/aromatic N) is 1. The Morgan fingerprint density at radius 3 is 2.63 bits per heavy atom. The van der Waals surface area contributed by atoms with Crippen LogP contribution in [0.15, 0.2) is 39.6 Å². The van der Waals surface area contributed by atoms with Gasteiger partial charge in [0.25, 0.3) is 5.56 Å². The van der Waals surface area contributed by atoms with Gasteiger partial charge in [-0.1, -0.05) is 13.0 Å². The zero-order chi connectivity index (χ0) is 14.2. The average molecular weight is 272 g/mol. The van der Waals surface area contributed by atoms with Gasteiger partial charge in [0.15, 0.2) is 0 Å². The summed E-state index contributed by atoms with van der Waals surface area (Å²) in [6.07, 6.45) is -1.04. The number of aromatic nitrogens is 2. The third kappa shape index (κ3) is 2.69.